The lowest BCUT2D eigenvalue weighted by molar-refractivity contribution is -0.733. The molecule has 0 bridgehead atoms. The Labute approximate surface area is 166 Å². The Bertz CT molecular complexity index is 1080. The smallest absolute Gasteiger partial charge is 0.127 e. The second kappa shape index (κ2) is 7.29. The van der Waals surface area contributed by atoms with Gasteiger partial charge in [-0.05, 0) is 48.6 Å². The first-order valence-corrected chi connectivity index (χ1v) is 10.4. The molecule has 1 aliphatic carbocycles. The van der Waals surface area contributed by atoms with Gasteiger partial charge < -0.3 is 10.3 Å². The topological polar surface area (TPSA) is 32.4 Å². The number of aryl methyl sites for hydroxylation is 1. The molecule has 0 saturated heterocycles. The van der Waals surface area contributed by atoms with Crippen molar-refractivity contribution in [2.75, 3.05) is 0 Å². The largest absolute Gasteiger partial charge is 0.353 e. The molecule has 4 aromatic rings. The van der Waals surface area contributed by atoms with Gasteiger partial charge in [0.1, 0.15) is 12.1 Å². The van der Waals surface area contributed by atoms with E-state index in [1.165, 1.54) is 58.1 Å². The zero-order chi connectivity index (χ0) is 18.9. The molecule has 1 aliphatic rings. The first-order valence-electron chi connectivity index (χ1n) is 10.4. The van der Waals surface area contributed by atoms with E-state index in [-0.39, 0.29) is 0 Å². The van der Waals surface area contributed by atoms with Gasteiger partial charge in [-0.1, -0.05) is 66.7 Å². The minimum absolute atomic E-state index is 0.462. The zero-order valence-corrected chi connectivity index (χ0v) is 16.4. The van der Waals surface area contributed by atoms with E-state index in [0.29, 0.717) is 12.1 Å². The van der Waals surface area contributed by atoms with E-state index >= 15 is 0 Å². The van der Waals surface area contributed by atoms with Crippen LogP contribution in [-0.2, 0) is 6.42 Å². The summed E-state index contributed by atoms with van der Waals surface area (Å²) in [4.78, 5) is 3.77. The van der Waals surface area contributed by atoms with E-state index in [2.05, 4.69) is 96.1 Å². The number of aromatic amines is 1. The molecule has 2 atom stereocenters. The summed E-state index contributed by atoms with van der Waals surface area (Å²) in [6, 6.07) is 29.4. The lowest BCUT2D eigenvalue weighted by Crippen LogP contribution is -2.86. The van der Waals surface area contributed by atoms with Gasteiger partial charge in [-0.15, -0.1) is 0 Å². The number of hydrogen-bond acceptors (Lipinski definition) is 0. The summed E-state index contributed by atoms with van der Waals surface area (Å²) < 4.78 is 0. The van der Waals surface area contributed by atoms with Crippen LogP contribution < -0.4 is 5.32 Å². The fourth-order valence-corrected chi connectivity index (χ4v) is 4.72. The van der Waals surface area contributed by atoms with Gasteiger partial charge in [-0.25, -0.2) is 0 Å². The lowest BCUT2D eigenvalue weighted by atomic mass is 9.90. The third-order valence-corrected chi connectivity index (χ3v) is 6.21. The van der Waals surface area contributed by atoms with Gasteiger partial charge >= 0.3 is 0 Å². The Kier molecular flexibility index (Phi) is 4.50. The molecule has 28 heavy (non-hydrogen) atoms. The number of nitrogens with two attached hydrogens (primary N) is 1. The number of aromatic nitrogens is 1. The van der Waals surface area contributed by atoms with Gasteiger partial charge in [0, 0.05) is 22.9 Å². The van der Waals surface area contributed by atoms with Crippen molar-refractivity contribution in [3.8, 4) is 11.1 Å². The molecule has 0 fully saturated rings. The summed E-state index contributed by atoms with van der Waals surface area (Å²) in [5, 5.41) is 3.95. The SMILES string of the molecule is C[C@@H]([NH2+][C@@H]1CCCc2c1[nH]c1ccc(-c3ccccc3)cc21)c1ccccc1. The maximum absolute atomic E-state index is 3.77. The van der Waals surface area contributed by atoms with E-state index in [1.54, 1.807) is 0 Å². The summed E-state index contributed by atoms with van der Waals surface area (Å²) in [6.07, 6.45) is 3.68. The maximum Gasteiger partial charge on any atom is 0.127 e. The molecule has 0 aliphatic heterocycles. The molecule has 0 spiro atoms. The molecular formula is C26H27N2+. The van der Waals surface area contributed by atoms with E-state index < -0.39 is 0 Å². The van der Waals surface area contributed by atoms with Crippen LogP contribution in [0, 0.1) is 0 Å². The van der Waals surface area contributed by atoms with Crippen molar-refractivity contribution in [1.82, 2.24) is 4.98 Å². The van der Waals surface area contributed by atoms with Crippen molar-refractivity contribution in [2.45, 2.75) is 38.3 Å². The summed E-state index contributed by atoms with van der Waals surface area (Å²) in [5.41, 5.74) is 8.24. The van der Waals surface area contributed by atoms with Crippen LogP contribution >= 0.6 is 0 Å². The quantitative estimate of drug-likeness (QED) is 0.475. The van der Waals surface area contributed by atoms with Gasteiger partial charge in [0.15, 0.2) is 0 Å². The minimum atomic E-state index is 0.462. The van der Waals surface area contributed by atoms with Crippen molar-refractivity contribution < 1.29 is 5.32 Å². The van der Waals surface area contributed by atoms with Crippen LogP contribution in [0.15, 0.2) is 78.9 Å². The first kappa shape index (κ1) is 17.3. The molecule has 2 nitrogen and oxygen atoms in total. The number of rotatable bonds is 4. The molecule has 0 amide bonds. The average Bonchev–Trinajstić information content (AvgIpc) is 3.14. The third-order valence-electron chi connectivity index (χ3n) is 6.21. The number of quaternary nitrogens is 1. The molecule has 0 unspecified atom stereocenters. The second-order valence-electron chi connectivity index (χ2n) is 8.03. The Morgan fingerprint density at radius 3 is 2.43 bits per heavy atom. The maximum atomic E-state index is 3.77. The van der Waals surface area contributed by atoms with Crippen molar-refractivity contribution in [2.24, 2.45) is 0 Å². The highest BCUT2D eigenvalue weighted by molar-refractivity contribution is 5.89. The highest BCUT2D eigenvalue weighted by Gasteiger charge is 2.28. The molecule has 140 valence electrons. The van der Waals surface area contributed by atoms with Gasteiger partial charge in [0.25, 0.3) is 0 Å². The normalized spacial score (nSPS) is 17.4. The predicted octanol–water partition coefficient (Wildman–Crippen LogP) is 5.54. The molecule has 0 radical (unpaired) electrons. The summed E-state index contributed by atoms with van der Waals surface area (Å²) in [6.45, 7) is 2.32. The monoisotopic (exact) mass is 367 g/mol. The van der Waals surface area contributed by atoms with Crippen LogP contribution in [0.2, 0.25) is 0 Å². The van der Waals surface area contributed by atoms with E-state index in [9.17, 15) is 0 Å². The number of fused-ring (bicyclic) bond motifs is 3. The van der Waals surface area contributed by atoms with E-state index in [1.807, 2.05) is 0 Å². The Morgan fingerprint density at radius 2 is 1.64 bits per heavy atom. The van der Waals surface area contributed by atoms with Crippen LogP contribution in [-0.4, -0.2) is 4.98 Å². The predicted molar refractivity (Wildman–Crippen MR) is 116 cm³/mol. The van der Waals surface area contributed by atoms with E-state index in [0.717, 1.165) is 0 Å². The number of benzene rings is 3. The Hall–Kier alpha value is -2.84. The van der Waals surface area contributed by atoms with Crippen LogP contribution in [0.1, 0.15) is 48.7 Å². The van der Waals surface area contributed by atoms with Crippen LogP contribution in [0.4, 0.5) is 0 Å². The lowest BCUT2D eigenvalue weighted by Gasteiger charge is -2.24. The van der Waals surface area contributed by atoms with Crippen LogP contribution in [0.3, 0.4) is 0 Å². The number of hydrogen-bond donors (Lipinski definition) is 2. The third kappa shape index (κ3) is 3.14. The van der Waals surface area contributed by atoms with Gasteiger partial charge in [0.05, 0.1) is 5.69 Å². The molecule has 5 rings (SSSR count). The van der Waals surface area contributed by atoms with Gasteiger partial charge in [-0.3, -0.25) is 0 Å². The van der Waals surface area contributed by atoms with E-state index in [4.69, 9.17) is 0 Å². The average molecular weight is 368 g/mol. The fraction of sp³-hybridized carbons (Fsp3) is 0.231. The van der Waals surface area contributed by atoms with Crippen molar-refractivity contribution in [1.29, 1.82) is 0 Å². The fourth-order valence-electron chi connectivity index (χ4n) is 4.72. The van der Waals surface area contributed by atoms with Crippen LogP contribution in [0.25, 0.3) is 22.0 Å². The molecule has 1 heterocycles. The van der Waals surface area contributed by atoms with Gasteiger partial charge in [-0.2, -0.15) is 0 Å². The second-order valence-corrected chi connectivity index (χ2v) is 8.03. The zero-order valence-electron chi connectivity index (χ0n) is 16.4. The number of H-pyrrole nitrogens is 1. The minimum Gasteiger partial charge on any atom is -0.353 e. The Balaban J connectivity index is 1.49. The standard InChI is InChI=1S/C26H26N2/c1-18(19-9-4-2-5-10-19)27-25-14-8-13-22-23-17-21(20-11-6-3-7-12-20)15-16-24(23)28-26(22)25/h2-7,9-12,15-18,25,27-28H,8,13-14H2,1H3/p+1/t18-,25-/m1/s1. The summed E-state index contributed by atoms with van der Waals surface area (Å²) in [5.74, 6) is 0. The highest BCUT2D eigenvalue weighted by atomic mass is 15.0. The van der Waals surface area contributed by atoms with Crippen LogP contribution in [0.5, 0.6) is 0 Å². The molecule has 0 saturated carbocycles. The first-order chi connectivity index (χ1) is 13.8. The van der Waals surface area contributed by atoms with Gasteiger partial charge in [0.2, 0.25) is 0 Å². The molecule has 3 N–H and O–H groups in total. The number of nitrogens with one attached hydrogen (secondary N) is 1. The molecule has 3 aromatic carbocycles. The molecular weight excluding hydrogens is 340 g/mol. The van der Waals surface area contributed by atoms with Crippen molar-refractivity contribution in [3.05, 3.63) is 95.7 Å². The molecule has 1 aromatic heterocycles. The Morgan fingerprint density at radius 1 is 0.893 bits per heavy atom. The van der Waals surface area contributed by atoms with Crippen molar-refractivity contribution >= 4 is 10.9 Å². The molecule has 2 heteroatoms. The summed E-state index contributed by atoms with van der Waals surface area (Å²) >= 11 is 0. The summed E-state index contributed by atoms with van der Waals surface area (Å²) in [7, 11) is 0. The highest BCUT2D eigenvalue weighted by Crippen LogP contribution is 2.35. The van der Waals surface area contributed by atoms with Crippen molar-refractivity contribution in [3.63, 3.8) is 0 Å².